The first-order valence-electron chi connectivity index (χ1n) is 2.84. The van der Waals surface area contributed by atoms with Gasteiger partial charge in [-0.1, -0.05) is 18.7 Å². The molecule has 0 aliphatic rings. The second kappa shape index (κ2) is 5.54. The minimum Gasteiger partial charge on any atom is -0.365 e. The van der Waals surface area contributed by atoms with Crippen LogP contribution in [0.2, 0.25) is 0 Å². The van der Waals surface area contributed by atoms with E-state index in [1.807, 2.05) is 19.1 Å². The molecule has 2 heteroatoms. The first-order chi connectivity index (χ1) is 4.31. The van der Waals surface area contributed by atoms with Gasteiger partial charge in [-0.25, -0.2) is 0 Å². The molecule has 0 saturated carbocycles. The summed E-state index contributed by atoms with van der Waals surface area (Å²) in [4.78, 5) is 0. The van der Waals surface area contributed by atoms with Crippen molar-refractivity contribution in [2.24, 2.45) is 0 Å². The van der Waals surface area contributed by atoms with E-state index in [2.05, 4.69) is 6.58 Å². The van der Waals surface area contributed by atoms with Crippen molar-refractivity contribution in [3.63, 3.8) is 0 Å². The van der Waals surface area contributed by atoms with Gasteiger partial charge >= 0.3 is 0 Å². The van der Waals surface area contributed by atoms with Crippen molar-refractivity contribution in [3.8, 4) is 0 Å². The van der Waals surface area contributed by atoms with Gasteiger partial charge in [0, 0.05) is 0 Å². The van der Waals surface area contributed by atoms with Crippen molar-refractivity contribution in [2.75, 3.05) is 6.61 Å². The van der Waals surface area contributed by atoms with Crippen LogP contribution >= 0.6 is 0 Å². The van der Waals surface area contributed by atoms with Crippen LogP contribution in [0.15, 0.2) is 24.8 Å². The fourth-order valence-electron chi connectivity index (χ4n) is 0.318. The van der Waals surface area contributed by atoms with E-state index in [-0.39, 0.29) is 0 Å². The lowest BCUT2D eigenvalue weighted by Gasteiger charge is -2.02. The Bertz CT molecular complexity index is 97.1. The molecular formula is C7H12O2. The van der Waals surface area contributed by atoms with Crippen LogP contribution in [0, 0.1) is 0 Å². The predicted octanol–water partition coefficient (Wildman–Crippen LogP) is 1.08. The molecule has 0 aliphatic carbocycles. The van der Waals surface area contributed by atoms with Gasteiger partial charge in [-0.15, -0.1) is 0 Å². The highest BCUT2D eigenvalue weighted by atomic mass is 16.6. The molecule has 9 heavy (non-hydrogen) atoms. The third kappa shape index (κ3) is 5.27. The number of aliphatic hydroxyl groups is 1. The zero-order chi connectivity index (χ0) is 7.11. The Hall–Kier alpha value is -0.600. The summed E-state index contributed by atoms with van der Waals surface area (Å²) in [5.41, 5.74) is 0. The Labute approximate surface area is 55.5 Å². The summed E-state index contributed by atoms with van der Waals surface area (Å²) < 4.78 is 4.78. The average Bonchev–Trinajstić information content (AvgIpc) is 1.89. The molecule has 0 heterocycles. The van der Waals surface area contributed by atoms with Crippen LogP contribution in [0.4, 0.5) is 0 Å². The molecular weight excluding hydrogens is 116 g/mol. The Morgan fingerprint density at radius 3 is 2.89 bits per heavy atom. The lowest BCUT2D eigenvalue weighted by atomic mass is 10.5. The van der Waals surface area contributed by atoms with Gasteiger partial charge in [0.25, 0.3) is 0 Å². The first-order valence-corrected chi connectivity index (χ1v) is 2.84. The molecule has 1 unspecified atom stereocenters. The van der Waals surface area contributed by atoms with Crippen molar-refractivity contribution < 1.29 is 9.84 Å². The highest BCUT2D eigenvalue weighted by Gasteiger charge is 1.91. The molecule has 0 aliphatic heterocycles. The van der Waals surface area contributed by atoms with Crippen molar-refractivity contribution in [3.05, 3.63) is 24.8 Å². The Kier molecular flexibility index (Phi) is 5.17. The number of aliphatic hydroxyl groups excluding tert-OH is 1. The first kappa shape index (κ1) is 8.40. The van der Waals surface area contributed by atoms with E-state index in [1.54, 1.807) is 0 Å². The standard InChI is InChI=1S/C7H12O2/c1-3-5-6-9-7(8)4-2/h3-5,7-8H,2,6H2,1H3. The van der Waals surface area contributed by atoms with Gasteiger partial charge in [0.2, 0.25) is 0 Å². The zero-order valence-corrected chi connectivity index (χ0v) is 5.58. The summed E-state index contributed by atoms with van der Waals surface area (Å²) in [5.74, 6) is 0. The summed E-state index contributed by atoms with van der Waals surface area (Å²) >= 11 is 0. The van der Waals surface area contributed by atoms with E-state index >= 15 is 0 Å². The maximum atomic E-state index is 8.71. The summed E-state index contributed by atoms with van der Waals surface area (Å²) in [6.45, 7) is 5.67. The smallest absolute Gasteiger partial charge is 0.174 e. The molecule has 1 atom stereocenters. The van der Waals surface area contributed by atoms with Crippen LogP contribution in [0.5, 0.6) is 0 Å². The molecule has 2 nitrogen and oxygen atoms in total. The topological polar surface area (TPSA) is 29.5 Å². The summed E-state index contributed by atoms with van der Waals surface area (Å²) in [6.07, 6.45) is 4.17. The lowest BCUT2D eigenvalue weighted by molar-refractivity contribution is -0.0520. The van der Waals surface area contributed by atoms with Gasteiger partial charge in [0.1, 0.15) is 0 Å². The van der Waals surface area contributed by atoms with Gasteiger partial charge in [-0.05, 0) is 13.0 Å². The Morgan fingerprint density at radius 2 is 2.44 bits per heavy atom. The normalized spacial score (nSPS) is 14.0. The molecule has 52 valence electrons. The van der Waals surface area contributed by atoms with Crippen LogP contribution in [0.25, 0.3) is 0 Å². The van der Waals surface area contributed by atoms with Gasteiger partial charge in [0.05, 0.1) is 6.61 Å². The largest absolute Gasteiger partial charge is 0.365 e. The van der Waals surface area contributed by atoms with E-state index in [9.17, 15) is 0 Å². The molecule has 1 N–H and O–H groups in total. The van der Waals surface area contributed by atoms with E-state index in [0.29, 0.717) is 6.61 Å². The summed E-state index contributed by atoms with van der Waals surface area (Å²) in [5, 5.41) is 8.71. The Balaban J connectivity index is 3.16. The maximum Gasteiger partial charge on any atom is 0.174 e. The second-order valence-corrected chi connectivity index (χ2v) is 1.53. The van der Waals surface area contributed by atoms with E-state index in [0.717, 1.165) is 0 Å². The third-order valence-corrected chi connectivity index (χ3v) is 0.801. The lowest BCUT2D eigenvalue weighted by Crippen LogP contribution is -2.06. The van der Waals surface area contributed by atoms with E-state index in [4.69, 9.17) is 9.84 Å². The van der Waals surface area contributed by atoms with E-state index < -0.39 is 6.29 Å². The van der Waals surface area contributed by atoms with Crippen molar-refractivity contribution in [1.29, 1.82) is 0 Å². The van der Waals surface area contributed by atoms with Gasteiger partial charge in [0.15, 0.2) is 6.29 Å². The summed E-state index contributed by atoms with van der Waals surface area (Å²) in [6, 6.07) is 0. The zero-order valence-electron chi connectivity index (χ0n) is 5.58. The Morgan fingerprint density at radius 1 is 1.78 bits per heavy atom. The molecule has 0 amide bonds. The third-order valence-electron chi connectivity index (χ3n) is 0.801. The predicted molar refractivity (Wildman–Crippen MR) is 37.0 cm³/mol. The highest BCUT2D eigenvalue weighted by Crippen LogP contribution is 1.86. The molecule has 0 rings (SSSR count). The van der Waals surface area contributed by atoms with Crippen LogP contribution in [-0.4, -0.2) is 18.0 Å². The quantitative estimate of drug-likeness (QED) is 0.453. The fourth-order valence-corrected chi connectivity index (χ4v) is 0.318. The van der Waals surface area contributed by atoms with Gasteiger partial charge < -0.3 is 9.84 Å². The van der Waals surface area contributed by atoms with Crippen LogP contribution < -0.4 is 0 Å². The van der Waals surface area contributed by atoms with Gasteiger partial charge in [-0.2, -0.15) is 0 Å². The molecule has 0 spiro atoms. The number of rotatable bonds is 4. The van der Waals surface area contributed by atoms with Crippen molar-refractivity contribution in [1.82, 2.24) is 0 Å². The SMILES string of the molecule is C=CC(O)OCC=CC. The monoisotopic (exact) mass is 128 g/mol. The summed E-state index contributed by atoms with van der Waals surface area (Å²) in [7, 11) is 0. The number of hydrogen-bond acceptors (Lipinski definition) is 2. The minimum absolute atomic E-state index is 0.434. The van der Waals surface area contributed by atoms with Gasteiger partial charge in [-0.3, -0.25) is 0 Å². The molecule has 0 aromatic carbocycles. The second-order valence-electron chi connectivity index (χ2n) is 1.53. The molecule has 0 bridgehead atoms. The van der Waals surface area contributed by atoms with Crippen LogP contribution in [-0.2, 0) is 4.74 Å². The number of allylic oxidation sites excluding steroid dienone is 1. The highest BCUT2D eigenvalue weighted by molar-refractivity contribution is 4.78. The minimum atomic E-state index is -0.832. The molecule has 0 aromatic rings. The van der Waals surface area contributed by atoms with Crippen LogP contribution in [0.1, 0.15) is 6.92 Å². The number of ether oxygens (including phenoxy) is 1. The fraction of sp³-hybridized carbons (Fsp3) is 0.429. The molecule has 0 radical (unpaired) electrons. The molecule has 0 aromatic heterocycles. The average molecular weight is 128 g/mol. The van der Waals surface area contributed by atoms with Crippen LogP contribution in [0.3, 0.4) is 0 Å². The van der Waals surface area contributed by atoms with Crippen molar-refractivity contribution in [2.45, 2.75) is 13.2 Å². The molecule has 0 saturated heterocycles. The number of hydrogen-bond donors (Lipinski definition) is 1. The molecule has 0 fully saturated rings. The maximum absolute atomic E-state index is 8.71. The van der Waals surface area contributed by atoms with E-state index in [1.165, 1.54) is 6.08 Å². The van der Waals surface area contributed by atoms with Crippen molar-refractivity contribution >= 4 is 0 Å².